The number of piperidine rings is 1. The van der Waals surface area contributed by atoms with Gasteiger partial charge in [0.2, 0.25) is 0 Å². The van der Waals surface area contributed by atoms with Crippen molar-refractivity contribution in [3.8, 4) is 0 Å². The van der Waals surface area contributed by atoms with Gasteiger partial charge in [-0.1, -0.05) is 0 Å². The Morgan fingerprint density at radius 2 is 1.93 bits per heavy atom. The minimum Gasteiger partial charge on any atom is -0.355 e. The monoisotopic (exact) mass is 375 g/mol. The quantitative estimate of drug-likeness (QED) is 0.795. The molecule has 0 aliphatic carbocycles. The molecule has 1 aromatic heterocycles. The molecule has 2 heterocycles. The Hall–Kier alpha value is -3.10. The lowest BCUT2D eigenvalue weighted by Gasteiger charge is -2.32. The highest BCUT2D eigenvalue weighted by atomic mass is 19.1. The second-order valence-electron chi connectivity index (χ2n) is 6.28. The van der Waals surface area contributed by atoms with Crippen LogP contribution in [0, 0.1) is 17.6 Å². The van der Waals surface area contributed by atoms with Crippen molar-refractivity contribution in [2.45, 2.75) is 12.8 Å². The average Bonchev–Trinajstić information content (AvgIpc) is 2.69. The summed E-state index contributed by atoms with van der Waals surface area (Å²) in [6.07, 6.45) is 6.65. The van der Waals surface area contributed by atoms with E-state index in [1.54, 1.807) is 18.6 Å². The van der Waals surface area contributed by atoms with Gasteiger partial charge >= 0.3 is 11.8 Å². The van der Waals surface area contributed by atoms with Crippen LogP contribution in [0.3, 0.4) is 0 Å². The second kappa shape index (κ2) is 8.52. The summed E-state index contributed by atoms with van der Waals surface area (Å²) in [6.45, 7) is 1.92. The molecule has 1 aliphatic rings. The standard InChI is InChI=1S/C18H19F2N5O2/c19-13-1-2-15(14(20)9-13)24-18(27)17(26)23-10-12-3-7-25(8-4-12)16-11-21-5-6-22-16/h1-2,5-6,9,11-12H,3-4,7-8,10H2,(H,23,26)(H,24,27). The van der Waals surface area contributed by atoms with E-state index < -0.39 is 23.4 Å². The molecule has 142 valence electrons. The molecule has 9 heteroatoms. The number of nitrogens with one attached hydrogen (secondary N) is 2. The molecule has 1 fully saturated rings. The fourth-order valence-corrected chi connectivity index (χ4v) is 2.91. The van der Waals surface area contributed by atoms with E-state index >= 15 is 0 Å². The Bertz CT molecular complexity index is 811. The Morgan fingerprint density at radius 1 is 1.15 bits per heavy atom. The molecule has 2 N–H and O–H groups in total. The zero-order valence-corrected chi connectivity index (χ0v) is 14.5. The van der Waals surface area contributed by atoms with Gasteiger partial charge in [0.1, 0.15) is 17.5 Å². The molecule has 0 unspecified atom stereocenters. The third-order valence-electron chi connectivity index (χ3n) is 4.42. The van der Waals surface area contributed by atoms with Crippen molar-refractivity contribution in [3.05, 3.63) is 48.4 Å². The van der Waals surface area contributed by atoms with Gasteiger partial charge in [-0.25, -0.2) is 13.8 Å². The van der Waals surface area contributed by atoms with Crippen LogP contribution in [0.1, 0.15) is 12.8 Å². The largest absolute Gasteiger partial charge is 0.355 e. The van der Waals surface area contributed by atoms with Gasteiger partial charge in [0, 0.05) is 38.1 Å². The van der Waals surface area contributed by atoms with Gasteiger partial charge in [0.15, 0.2) is 0 Å². The number of rotatable bonds is 4. The number of anilines is 2. The Balaban J connectivity index is 1.43. The number of aromatic nitrogens is 2. The third kappa shape index (κ3) is 4.96. The van der Waals surface area contributed by atoms with Crippen LogP contribution in [-0.4, -0.2) is 41.4 Å². The van der Waals surface area contributed by atoms with E-state index in [1.165, 1.54) is 0 Å². The van der Waals surface area contributed by atoms with Gasteiger partial charge in [0.25, 0.3) is 0 Å². The molecule has 7 nitrogen and oxygen atoms in total. The molecule has 0 radical (unpaired) electrons. The van der Waals surface area contributed by atoms with E-state index in [0.29, 0.717) is 12.6 Å². The van der Waals surface area contributed by atoms with E-state index in [1.807, 2.05) is 0 Å². The zero-order chi connectivity index (χ0) is 19.2. The number of amides is 2. The highest BCUT2D eigenvalue weighted by molar-refractivity contribution is 6.39. The molecule has 0 saturated carbocycles. The number of carbonyl (C=O) groups excluding carboxylic acids is 2. The Morgan fingerprint density at radius 3 is 2.59 bits per heavy atom. The molecule has 0 spiro atoms. The maximum Gasteiger partial charge on any atom is 0.313 e. The predicted molar refractivity (Wildman–Crippen MR) is 95.0 cm³/mol. The fraction of sp³-hybridized carbons (Fsp3) is 0.333. The Labute approximate surface area is 154 Å². The molecule has 1 saturated heterocycles. The Kier molecular flexibility index (Phi) is 5.90. The number of benzene rings is 1. The first kappa shape index (κ1) is 18.7. The molecule has 3 rings (SSSR count). The molecular formula is C18H19F2N5O2. The zero-order valence-electron chi connectivity index (χ0n) is 14.5. The van der Waals surface area contributed by atoms with Gasteiger partial charge in [-0.2, -0.15) is 0 Å². The van der Waals surface area contributed by atoms with E-state index in [2.05, 4.69) is 25.5 Å². The lowest BCUT2D eigenvalue weighted by molar-refractivity contribution is -0.136. The van der Waals surface area contributed by atoms with Crippen LogP contribution in [0.4, 0.5) is 20.3 Å². The lowest BCUT2D eigenvalue weighted by Crippen LogP contribution is -2.42. The summed E-state index contributed by atoms with van der Waals surface area (Å²) in [5.74, 6) is -2.49. The molecule has 2 amide bonds. The first-order chi connectivity index (χ1) is 13.0. The molecular weight excluding hydrogens is 356 g/mol. The van der Waals surface area contributed by atoms with Crippen LogP contribution in [0.15, 0.2) is 36.8 Å². The van der Waals surface area contributed by atoms with E-state index in [-0.39, 0.29) is 11.6 Å². The lowest BCUT2D eigenvalue weighted by atomic mass is 9.97. The number of hydrogen-bond donors (Lipinski definition) is 2. The number of carbonyl (C=O) groups is 2. The van der Waals surface area contributed by atoms with E-state index in [9.17, 15) is 18.4 Å². The maximum absolute atomic E-state index is 13.5. The van der Waals surface area contributed by atoms with Gasteiger partial charge in [-0.15, -0.1) is 0 Å². The van der Waals surface area contributed by atoms with Crippen LogP contribution in [-0.2, 0) is 9.59 Å². The van der Waals surface area contributed by atoms with Crippen molar-refractivity contribution in [3.63, 3.8) is 0 Å². The average molecular weight is 375 g/mol. The minimum atomic E-state index is -0.988. The molecule has 1 aromatic carbocycles. The summed E-state index contributed by atoms with van der Waals surface area (Å²) in [6, 6.07) is 2.71. The summed E-state index contributed by atoms with van der Waals surface area (Å²) >= 11 is 0. The second-order valence-corrected chi connectivity index (χ2v) is 6.28. The first-order valence-electron chi connectivity index (χ1n) is 8.58. The fourth-order valence-electron chi connectivity index (χ4n) is 2.91. The smallest absolute Gasteiger partial charge is 0.313 e. The van der Waals surface area contributed by atoms with Gasteiger partial charge < -0.3 is 15.5 Å². The summed E-state index contributed by atoms with van der Waals surface area (Å²) in [7, 11) is 0. The number of hydrogen-bond acceptors (Lipinski definition) is 5. The first-order valence-corrected chi connectivity index (χ1v) is 8.58. The van der Waals surface area contributed by atoms with E-state index in [0.717, 1.165) is 43.9 Å². The van der Waals surface area contributed by atoms with Crippen molar-refractivity contribution < 1.29 is 18.4 Å². The number of halogens is 2. The topological polar surface area (TPSA) is 87.2 Å². The SMILES string of the molecule is O=C(NCC1CCN(c2cnccn2)CC1)C(=O)Nc1ccc(F)cc1F. The third-order valence-corrected chi connectivity index (χ3v) is 4.42. The van der Waals surface area contributed by atoms with Crippen LogP contribution in [0.25, 0.3) is 0 Å². The minimum absolute atomic E-state index is 0.234. The number of nitrogens with zero attached hydrogens (tertiary/aromatic N) is 3. The molecule has 0 bridgehead atoms. The van der Waals surface area contributed by atoms with Crippen LogP contribution < -0.4 is 15.5 Å². The van der Waals surface area contributed by atoms with Gasteiger partial charge in [-0.3, -0.25) is 14.6 Å². The summed E-state index contributed by atoms with van der Waals surface area (Å²) in [5.41, 5.74) is -0.242. The highest BCUT2D eigenvalue weighted by Crippen LogP contribution is 2.20. The van der Waals surface area contributed by atoms with E-state index in [4.69, 9.17) is 0 Å². The highest BCUT2D eigenvalue weighted by Gasteiger charge is 2.22. The van der Waals surface area contributed by atoms with Crippen molar-refractivity contribution in [2.24, 2.45) is 5.92 Å². The van der Waals surface area contributed by atoms with Crippen molar-refractivity contribution in [1.29, 1.82) is 0 Å². The normalized spacial score (nSPS) is 14.7. The van der Waals surface area contributed by atoms with Crippen molar-refractivity contribution in [1.82, 2.24) is 15.3 Å². The van der Waals surface area contributed by atoms with Crippen LogP contribution in [0.2, 0.25) is 0 Å². The van der Waals surface area contributed by atoms with Crippen LogP contribution >= 0.6 is 0 Å². The predicted octanol–water partition coefficient (Wildman–Crippen LogP) is 1.73. The summed E-state index contributed by atoms with van der Waals surface area (Å²) in [4.78, 5) is 34.2. The molecule has 1 aliphatic heterocycles. The van der Waals surface area contributed by atoms with Gasteiger partial charge in [0.05, 0.1) is 11.9 Å². The van der Waals surface area contributed by atoms with Crippen molar-refractivity contribution >= 4 is 23.3 Å². The van der Waals surface area contributed by atoms with Crippen molar-refractivity contribution in [2.75, 3.05) is 29.9 Å². The maximum atomic E-state index is 13.5. The summed E-state index contributed by atoms with van der Waals surface area (Å²) in [5, 5.41) is 4.70. The van der Waals surface area contributed by atoms with Crippen LogP contribution in [0.5, 0.6) is 0 Å². The summed E-state index contributed by atoms with van der Waals surface area (Å²) < 4.78 is 26.4. The van der Waals surface area contributed by atoms with Gasteiger partial charge in [-0.05, 0) is 30.9 Å². The molecule has 0 atom stereocenters. The molecule has 27 heavy (non-hydrogen) atoms. The molecule has 2 aromatic rings.